The zero-order valence-corrected chi connectivity index (χ0v) is 13.9. The van der Waals surface area contributed by atoms with E-state index in [4.69, 9.17) is 4.74 Å². The third kappa shape index (κ3) is 3.53. The van der Waals surface area contributed by atoms with Crippen molar-refractivity contribution in [3.63, 3.8) is 0 Å². The molecule has 3 nitrogen and oxygen atoms in total. The third-order valence-electron chi connectivity index (χ3n) is 4.11. The van der Waals surface area contributed by atoms with Gasteiger partial charge >= 0.3 is 5.97 Å². The van der Waals surface area contributed by atoms with Gasteiger partial charge in [-0.1, -0.05) is 6.92 Å². The number of hydrogen-bond donors (Lipinski definition) is 0. The Labute approximate surface area is 142 Å². The molecule has 0 N–H and O–H groups in total. The standard InChI is InChI=1S/C18H16F2O3S/c1-10-2-5-16-12(6-10)8-17(24-16)18(22)23-9-15(21)11-3-4-13(19)14(20)7-11/h3-4,7-8,10H,2,5-6,9H2,1H3/t10-/m1/s1. The van der Waals surface area contributed by atoms with Gasteiger partial charge in [-0.05, 0) is 55.0 Å². The fraction of sp³-hybridized carbons (Fsp3) is 0.333. The summed E-state index contributed by atoms with van der Waals surface area (Å²) in [5.74, 6) is -2.66. The van der Waals surface area contributed by atoms with Gasteiger partial charge in [-0.2, -0.15) is 0 Å². The van der Waals surface area contributed by atoms with Crippen molar-refractivity contribution in [1.29, 1.82) is 0 Å². The Morgan fingerprint density at radius 1 is 1.25 bits per heavy atom. The Morgan fingerprint density at radius 2 is 2.04 bits per heavy atom. The topological polar surface area (TPSA) is 43.4 Å². The van der Waals surface area contributed by atoms with E-state index in [1.807, 2.05) is 6.07 Å². The first-order valence-electron chi connectivity index (χ1n) is 7.71. The maximum absolute atomic E-state index is 13.1. The van der Waals surface area contributed by atoms with E-state index in [2.05, 4.69) is 6.92 Å². The summed E-state index contributed by atoms with van der Waals surface area (Å²) in [5.41, 5.74) is 1.15. The number of benzene rings is 1. The molecule has 6 heteroatoms. The highest BCUT2D eigenvalue weighted by Gasteiger charge is 2.22. The van der Waals surface area contributed by atoms with Crippen molar-refractivity contribution in [2.75, 3.05) is 6.61 Å². The summed E-state index contributed by atoms with van der Waals surface area (Å²) >= 11 is 1.40. The Kier molecular flexibility index (Phi) is 4.76. The van der Waals surface area contributed by atoms with Crippen LogP contribution in [0.2, 0.25) is 0 Å². The molecule has 0 spiro atoms. The molecule has 1 heterocycles. The van der Waals surface area contributed by atoms with Crippen molar-refractivity contribution in [2.24, 2.45) is 5.92 Å². The number of esters is 1. The molecule has 2 aromatic rings. The molecule has 1 aromatic carbocycles. The summed E-state index contributed by atoms with van der Waals surface area (Å²) in [7, 11) is 0. The first kappa shape index (κ1) is 16.8. The molecule has 0 unspecified atom stereocenters. The summed E-state index contributed by atoms with van der Waals surface area (Å²) in [6.07, 6.45) is 3.02. The van der Waals surface area contributed by atoms with E-state index in [1.54, 1.807) is 0 Å². The molecular formula is C18H16F2O3S. The lowest BCUT2D eigenvalue weighted by Crippen LogP contribution is -2.14. The minimum Gasteiger partial charge on any atom is -0.453 e. The van der Waals surface area contributed by atoms with Crippen molar-refractivity contribution in [1.82, 2.24) is 0 Å². The fourth-order valence-corrected chi connectivity index (χ4v) is 3.86. The second kappa shape index (κ2) is 6.81. The van der Waals surface area contributed by atoms with Crippen LogP contribution < -0.4 is 0 Å². The predicted octanol–water partition coefficient (Wildman–Crippen LogP) is 4.19. The number of rotatable bonds is 4. The minimum absolute atomic E-state index is 0.0269. The van der Waals surface area contributed by atoms with Crippen LogP contribution >= 0.6 is 11.3 Å². The SMILES string of the molecule is C[C@@H]1CCc2sc(C(=O)OCC(=O)c3ccc(F)c(F)c3)cc2C1. The van der Waals surface area contributed by atoms with Crippen LogP contribution in [0.25, 0.3) is 0 Å². The molecule has 0 bridgehead atoms. The highest BCUT2D eigenvalue weighted by molar-refractivity contribution is 7.14. The lowest BCUT2D eigenvalue weighted by molar-refractivity contribution is 0.0479. The smallest absolute Gasteiger partial charge is 0.348 e. The Balaban J connectivity index is 1.63. The van der Waals surface area contributed by atoms with Crippen LogP contribution in [0.15, 0.2) is 24.3 Å². The molecule has 0 radical (unpaired) electrons. The van der Waals surface area contributed by atoms with E-state index >= 15 is 0 Å². The Bertz CT molecular complexity index is 798. The van der Waals surface area contributed by atoms with Gasteiger partial charge in [0.1, 0.15) is 4.88 Å². The molecule has 0 fully saturated rings. The number of Topliss-reactive ketones (excluding diaryl/α,β-unsaturated/α-hetero) is 1. The molecule has 3 rings (SSSR count). The normalized spacial score (nSPS) is 16.5. The monoisotopic (exact) mass is 350 g/mol. The van der Waals surface area contributed by atoms with Gasteiger partial charge in [0.25, 0.3) is 0 Å². The van der Waals surface area contributed by atoms with E-state index in [0.29, 0.717) is 10.8 Å². The van der Waals surface area contributed by atoms with Gasteiger partial charge in [0.2, 0.25) is 0 Å². The van der Waals surface area contributed by atoms with Crippen LogP contribution in [0.4, 0.5) is 8.78 Å². The van der Waals surface area contributed by atoms with Gasteiger partial charge < -0.3 is 4.74 Å². The van der Waals surface area contributed by atoms with Gasteiger partial charge in [0, 0.05) is 10.4 Å². The second-order valence-corrected chi connectivity index (χ2v) is 7.17. The van der Waals surface area contributed by atoms with E-state index < -0.39 is 30.0 Å². The fourth-order valence-electron chi connectivity index (χ4n) is 2.76. The lowest BCUT2D eigenvalue weighted by Gasteiger charge is -2.16. The maximum atomic E-state index is 13.1. The number of ether oxygens (including phenoxy) is 1. The molecule has 0 saturated heterocycles. The van der Waals surface area contributed by atoms with Gasteiger partial charge in [0.05, 0.1) is 0 Å². The number of hydrogen-bond acceptors (Lipinski definition) is 4. The van der Waals surface area contributed by atoms with Gasteiger partial charge in [-0.15, -0.1) is 11.3 Å². The summed E-state index contributed by atoms with van der Waals surface area (Å²) in [4.78, 5) is 25.7. The second-order valence-electron chi connectivity index (χ2n) is 6.04. The number of carbonyl (C=O) groups is 2. The van der Waals surface area contributed by atoms with Crippen molar-refractivity contribution < 1.29 is 23.1 Å². The number of halogens is 2. The minimum atomic E-state index is -1.10. The zero-order chi connectivity index (χ0) is 17.3. The highest BCUT2D eigenvalue weighted by Crippen LogP contribution is 2.32. The summed E-state index contributed by atoms with van der Waals surface area (Å²) < 4.78 is 31.0. The number of carbonyl (C=O) groups excluding carboxylic acids is 2. The summed E-state index contributed by atoms with van der Waals surface area (Å²) in [5, 5.41) is 0. The largest absolute Gasteiger partial charge is 0.453 e. The van der Waals surface area contributed by atoms with E-state index in [-0.39, 0.29) is 5.56 Å². The molecule has 1 aliphatic rings. The van der Waals surface area contributed by atoms with Crippen LogP contribution in [0.3, 0.4) is 0 Å². The van der Waals surface area contributed by atoms with Gasteiger partial charge in [-0.25, -0.2) is 13.6 Å². The van der Waals surface area contributed by atoms with E-state index in [0.717, 1.165) is 31.4 Å². The molecule has 1 aromatic heterocycles. The van der Waals surface area contributed by atoms with Crippen molar-refractivity contribution in [3.8, 4) is 0 Å². The van der Waals surface area contributed by atoms with Crippen molar-refractivity contribution >= 4 is 23.1 Å². The number of aryl methyl sites for hydroxylation is 1. The van der Waals surface area contributed by atoms with Gasteiger partial charge in [-0.3, -0.25) is 4.79 Å². The van der Waals surface area contributed by atoms with Crippen LogP contribution in [0.5, 0.6) is 0 Å². The Hall–Kier alpha value is -2.08. The molecule has 0 aliphatic heterocycles. The van der Waals surface area contributed by atoms with Crippen LogP contribution in [0.1, 0.15) is 43.8 Å². The van der Waals surface area contributed by atoms with Crippen LogP contribution in [0, 0.1) is 17.6 Å². The molecule has 1 atom stereocenters. The van der Waals surface area contributed by atoms with Crippen LogP contribution in [-0.2, 0) is 17.6 Å². The number of fused-ring (bicyclic) bond motifs is 1. The van der Waals surface area contributed by atoms with Gasteiger partial charge in [0.15, 0.2) is 24.0 Å². The maximum Gasteiger partial charge on any atom is 0.348 e. The predicted molar refractivity (Wildman–Crippen MR) is 86.5 cm³/mol. The van der Waals surface area contributed by atoms with E-state index in [1.165, 1.54) is 27.8 Å². The molecule has 1 aliphatic carbocycles. The first-order valence-corrected chi connectivity index (χ1v) is 8.52. The van der Waals surface area contributed by atoms with Crippen molar-refractivity contribution in [2.45, 2.75) is 26.2 Å². The zero-order valence-electron chi connectivity index (χ0n) is 13.1. The quantitative estimate of drug-likeness (QED) is 0.613. The average Bonchev–Trinajstić information content (AvgIpc) is 2.98. The molecule has 24 heavy (non-hydrogen) atoms. The molecule has 0 saturated carbocycles. The lowest BCUT2D eigenvalue weighted by atomic mass is 9.90. The molecular weight excluding hydrogens is 334 g/mol. The number of ketones is 1. The molecule has 126 valence electrons. The summed E-state index contributed by atoms with van der Waals surface area (Å²) in [6.45, 7) is 1.68. The van der Waals surface area contributed by atoms with E-state index in [9.17, 15) is 18.4 Å². The van der Waals surface area contributed by atoms with Crippen LogP contribution in [-0.4, -0.2) is 18.4 Å². The van der Waals surface area contributed by atoms with Crippen molar-refractivity contribution in [3.05, 3.63) is 56.8 Å². The summed E-state index contributed by atoms with van der Waals surface area (Å²) in [6, 6.07) is 4.68. The first-order chi connectivity index (χ1) is 11.4. The number of thiophene rings is 1. The molecule has 0 amide bonds. The highest BCUT2D eigenvalue weighted by atomic mass is 32.1. The Morgan fingerprint density at radius 3 is 2.79 bits per heavy atom. The average molecular weight is 350 g/mol. The third-order valence-corrected chi connectivity index (χ3v) is 5.32.